The first-order valence-electron chi connectivity index (χ1n) is 8.29. The molecule has 0 radical (unpaired) electrons. The van der Waals surface area contributed by atoms with E-state index in [4.69, 9.17) is 11.6 Å². The molecule has 1 fully saturated rings. The lowest BCUT2D eigenvalue weighted by molar-refractivity contribution is 0.0922. The molecule has 4 heterocycles. The SMILES string of the molecule is O=C(N[C@H]1CCc2nccn2C1)c1nc(N2CCCC2)ncc1Cl. The number of nitrogens with zero attached hydrogens (tertiary/aromatic N) is 5. The van der Waals surface area contributed by atoms with Crippen molar-refractivity contribution in [3.05, 3.63) is 35.1 Å². The normalized spacial score (nSPS) is 20.0. The first-order valence-corrected chi connectivity index (χ1v) is 8.67. The Morgan fingerprint density at radius 3 is 2.96 bits per heavy atom. The molecule has 4 rings (SSSR count). The minimum absolute atomic E-state index is 0.0560. The van der Waals surface area contributed by atoms with E-state index in [0.29, 0.717) is 5.95 Å². The maximum absolute atomic E-state index is 12.6. The Morgan fingerprint density at radius 1 is 1.29 bits per heavy atom. The van der Waals surface area contributed by atoms with E-state index >= 15 is 0 Å². The van der Waals surface area contributed by atoms with E-state index in [1.807, 2.05) is 6.20 Å². The van der Waals surface area contributed by atoms with E-state index in [0.717, 1.165) is 51.1 Å². The van der Waals surface area contributed by atoms with Crippen LogP contribution in [0.3, 0.4) is 0 Å². The molecule has 2 aromatic heterocycles. The van der Waals surface area contributed by atoms with E-state index in [1.165, 1.54) is 6.20 Å². The molecule has 0 bridgehead atoms. The zero-order valence-corrected chi connectivity index (χ0v) is 14.0. The van der Waals surface area contributed by atoms with Gasteiger partial charge in [-0.25, -0.2) is 15.0 Å². The second-order valence-electron chi connectivity index (χ2n) is 6.27. The third-order valence-corrected chi connectivity index (χ3v) is 4.88. The van der Waals surface area contributed by atoms with Crippen LogP contribution in [-0.2, 0) is 13.0 Å². The van der Waals surface area contributed by atoms with E-state index in [9.17, 15) is 4.79 Å². The maximum atomic E-state index is 12.6. The third-order valence-electron chi connectivity index (χ3n) is 4.61. The molecule has 126 valence electrons. The molecule has 1 saturated heterocycles. The topological polar surface area (TPSA) is 75.9 Å². The van der Waals surface area contributed by atoms with Gasteiger partial charge in [0.05, 0.1) is 11.2 Å². The number of halogens is 1. The highest BCUT2D eigenvalue weighted by atomic mass is 35.5. The second-order valence-corrected chi connectivity index (χ2v) is 6.67. The van der Waals surface area contributed by atoms with E-state index in [2.05, 4.69) is 29.7 Å². The molecule has 2 aromatic rings. The summed E-state index contributed by atoms with van der Waals surface area (Å²) in [4.78, 5) is 27.7. The molecule has 1 atom stereocenters. The first kappa shape index (κ1) is 15.4. The fraction of sp³-hybridized carbons (Fsp3) is 0.500. The van der Waals surface area contributed by atoms with Crippen molar-refractivity contribution >= 4 is 23.5 Å². The zero-order chi connectivity index (χ0) is 16.5. The number of aryl methyl sites for hydroxylation is 1. The number of imidazole rings is 1. The van der Waals surface area contributed by atoms with Gasteiger partial charge in [0.15, 0.2) is 5.69 Å². The molecule has 0 unspecified atom stereocenters. The number of rotatable bonds is 3. The second kappa shape index (κ2) is 6.39. The summed E-state index contributed by atoms with van der Waals surface area (Å²) < 4.78 is 2.08. The number of amides is 1. The molecule has 0 aromatic carbocycles. The number of hydrogen-bond acceptors (Lipinski definition) is 5. The molecule has 2 aliphatic heterocycles. The molecular formula is C16H19ClN6O. The average molecular weight is 347 g/mol. The van der Waals surface area contributed by atoms with Gasteiger partial charge < -0.3 is 14.8 Å². The van der Waals surface area contributed by atoms with Crippen LogP contribution in [0.1, 0.15) is 35.6 Å². The van der Waals surface area contributed by atoms with Gasteiger partial charge in [-0.05, 0) is 19.3 Å². The summed E-state index contributed by atoms with van der Waals surface area (Å²) in [6.45, 7) is 2.58. The minimum Gasteiger partial charge on any atom is -0.346 e. The van der Waals surface area contributed by atoms with Gasteiger partial charge in [-0.1, -0.05) is 11.6 Å². The predicted molar refractivity (Wildman–Crippen MR) is 90.3 cm³/mol. The summed E-state index contributed by atoms with van der Waals surface area (Å²) in [5, 5.41) is 3.33. The van der Waals surface area contributed by atoms with Gasteiger partial charge in [-0.15, -0.1) is 0 Å². The Kier molecular flexibility index (Phi) is 4.10. The zero-order valence-electron chi connectivity index (χ0n) is 13.3. The molecule has 8 heteroatoms. The largest absolute Gasteiger partial charge is 0.346 e. The molecule has 1 amide bonds. The van der Waals surface area contributed by atoms with E-state index in [-0.39, 0.29) is 22.7 Å². The summed E-state index contributed by atoms with van der Waals surface area (Å²) in [6, 6.07) is 0.0560. The van der Waals surface area contributed by atoms with Crippen molar-refractivity contribution in [1.29, 1.82) is 0 Å². The van der Waals surface area contributed by atoms with Crippen LogP contribution in [0.25, 0.3) is 0 Å². The molecule has 1 N–H and O–H groups in total. The molecular weight excluding hydrogens is 328 g/mol. The van der Waals surface area contributed by atoms with Gasteiger partial charge in [0.1, 0.15) is 5.82 Å². The van der Waals surface area contributed by atoms with Crippen molar-refractivity contribution in [2.24, 2.45) is 0 Å². The van der Waals surface area contributed by atoms with Crippen LogP contribution in [0, 0.1) is 0 Å². The van der Waals surface area contributed by atoms with Crippen LogP contribution in [0.15, 0.2) is 18.6 Å². The summed E-state index contributed by atoms with van der Waals surface area (Å²) >= 11 is 6.16. The van der Waals surface area contributed by atoms with Crippen LogP contribution in [0.5, 0.6) is 0 Å². The molecule has 2 aliphatic rings. The van der Waals surface area contributed by atoms with Crippen molar-refractivity contribution in [1.82, 2.24) is 24.8 Å². The highest BCUT2D eigenvalue weighted by Gasteiger charge is 2.24. The van der Waals surface area contributed by atoms with Gasteiger partial charge in [0.25, 0.3) is 5.91 Å². The van der Waals surface area contributed by atoms with Crippen molar-refractivity contribution in [2.75, 3.05) is 18.0 Å². The quantitative estimate of drug-likeness (QED) is 0.915. The minimum atomic E-state index is -0.239. The Morgan fingerprint density at radius 2 is 2.12 bits per heavy atom. The molecule has 24 heavy (non-hydrogen) atoms. The molecule has 7 nitrogen and oxygen atoms in total. The van der Waals surface area contributed by atoms with Crippen molar-refractivity contribution in [3.8, 4) is 0 Å². The van der Waals surface area contributed by atoms with Crippen molar-refractivity contribution < 1.29 is 4.79 Å². The Labute approximate surface area is 145 Å². The standard InChI is InChI=1S/C16H19ClN6O/c17-12-9-19-16(22-6-1-2-7-22)21-14(12)15(24)20-11-3-4-13-18-5-8-23(13)10-11/h5,8-9,11H,1-4,6-7,10H2,(H,20,24)/t11-/m0/s1. The Bertz CT molecular complexity index is 755. The monoisotopic (exact) mass is 346 g/mol. The summed E-state index contributed by atoms with van der Waals surface area (Å²) in [5.41, 5.74) is 0.255. The predicted octanol–water partition coefficient (Wildman–Crippen LogP) is 1.67. The van der Waals surface area contributed by atoms with Gasteiger partial charge in [-0.2, -0.15) is 0 Å². The van der Waals surface area contributed by atoms with Gasteiger partial charge in [0, 0.05) is 44.5 Å². The lowest BCUT2D eigenvalue weighted by Gasteiger charge is -2.25. The maximum Gasteiger partial charge on any atom is 0.271 e. The fourth-order valence-electron chi connectivity index (χ4n) is 3.32. The average Bonchev–Trinajstić information content (AvgIpc) is 3.26. The van der Waals surface area contributed by atoms with Gasteiger partial charge >= 0.3 is 0 Å². The number of fused-ring (bicyclic) bond motifs is 1. The lowest BCUT2D eigenvalue weighted by atomic mass is 10.1. The summed E-state index contributed by atoms with van der Waals surface area (Å²) in [6.07, 6.45) is 9.23. The number of hydrogen-bond donors (Lipinski definition) is 1. The number of carbonyl (C=O) groups is 1. The van der Waals surface area contributed by atoms with Gasteiger partial charge in [-0.3, -0.25) is 4.79 Å². The fourth-order valence-corrected chi connectivity index (χ4v) is 3.50. The van der Waals surface area contributed by atoms with Crippen LogP contribution in [-0.4, -0.2) is 44.6 Å². The summed E-state index contributed by atoms with van der Waals surface area (Å²) in [5.74, 6) is 1.41. The Hall–Kier alpha value is -2.15. The first-order chi connectivity index (χ1) is 11.7. The molecule has 0 spiro atoms. The Balaban J connectivity index is 1.49. The van der Waals surface area contributed by atoms with E-state index in [1.54, 1.807) is 6.20 Å². The van der Waals surface area contributed by atoms with E-state index < -0.39 is 0 Å². The lowest BCUT2D eigenvalue weighted by Crippen LogP contribution is -2.41. The van der Waals surface area contributed by atoms with Crippen LogP contribution < -0.4 is 10.2 Å². The van der Waals surface area contributed by atoms with Crippen LogP contribution in [0.2, 0.25) is 5.02 Å². The third kappa shape index (κ3) is 2.96. The number of carbonyl (C=O) groups excluding carboxylic acids is 1. The number of nitrogens with one attached hydrogen (secondary N) is 1. The number of aromatic nitrogens is 4. The van der Waals surface area contributed by atoms with Crippen LogP contribution in [0.4, 0.5) is 5.95 Å². The summed E-state index contributed by atoms with van der Waals surface area (Å²) in [7, 11) is 0. The van der Waals surface area contributed by atoms with Crippen molar-refractivity contribution in [2.45, 2.75) is 38.3 Å². The number of anilines is 1. The smallest absolute Gasteiger partial charge is 0.271 e. The van der Waals surface area contributed by atoms with Crippen molar-refractivity contribution in [3.63, 3.8) is 0 Å². The molecule has 0 saturated carbocycles. The highest BCUT2D eigenvalue weighted by Crippen LogP contribution is 2.20. The highest BCUT2D eigenvalue weighted by molar-refractivity contribution is 6.33. The van der Waals surface area contributed by atoms with Crippen LogP contribution >= 0.6 is 11.6 Å². The molecule has 0 aliphatic carbocycles. The van der Waals surface area contributed by atoms with Gasteiger partial charge in [0.2, 0.25) is 5.95 Å².